The Hall–Kier alpha value is -2.78. The lowest BCUT2D eigenvalue weighted by Crippen LogP contribution is -2.29. The summed E-state index contributed by atoms with van der Waals surface area (Å²) in [7, 11) is 2.90. The van der Waals surface area contributed by atoms with E-state index in [4.69, 9.17) is 25.8 Å². The van der Waals surface area contributed by atoms with Crippen LogP contribution in [0.25, 0.3) is 0 Å². The zero-order valence-electron chi connectivity index (χ0n) is 16.1. The molecular formula is C19H21ClN2O6S. The summed E-state index contributed by atoms with van der Waals surface area (Å²) in [6.07, 6.45) is -0.0922. The molecule has 0 aliphatic heterocycles. The van der Waals surface area contributed by atoms with Gasteiger partial charge in [0.15, 0.2) is 6.61 Å². The molecule has 2 rings (SSSR count). The van der Waals surface area contributed by atoms with E-state index in [2.05, 4.69) is 10.6 Å². The third kappa shape index (κ3) is 6.65. The second-order valence-electron chi connectivity index (χ2n) is 5.87. The molecule has 0 saturated carbocycles. The normalized spacial score (nSPS) is 11.3. The van der Waals surface area contributed by atoms with E-state index in [0.29, 0.717) is 17.2 Å². The predicted molar refractivity (Wildman–Crippen MR) is 110 cm³/mol. The number of anilines is 1. The van der Waals surface area contributed by atoms with E-state index in [0.717, 1.165) is 4.88 Å². The first-order valence-corrected chi connectivity index (χ1v) is 9.77. The van der Waals surface area contributed by atoms with Crippen LogP contribution in [0, 0.1) is 0 Å². The Morgan fingerprint density at radius 2 is 1.90 bits per heavy atom. The highest BCUT2D eigenvalue weighted by Gasteiger charge is 2.20. The van der Waals surface area contributed by atoms with Crippen molar-refractivity contribution in [3.05, 3.63) is 39.5 Å². The Balaban J connectivity index is 1.94. The van der Waals surface area contributed by atoms with Crippen LogP contribution in [0.4, 0.5) is 5.69 Å². The highest BCUT2D eigenvalue weighted by Crippen LogP contribution is 2.35. The molecule has 156 valence electrons. The molecule has 0 aliphatic carbocycles. The van der Waals surface area contributed by atoms with Gasteiger partial charge in [-0.05, 0) is 17.5 Å². The molecular weight excluding hydrogens is 420 g/mol. The van der Waals surface area contributed by atoms with Crippen molar-refractivity contribution in [2.75, 3.05) is 26.1 Å². The number of carbonyl (C=O) groups excluding carboxylic acids is 3. The summed E-state index contributed by atoms with van der Waals surface area (Å²) in [4.78, 5) is 36.5. The molecule has 1 aromatic heterocycles. The molecule has 0 spiro atoms. The number of rotatable bonds is 9. The zero-order chi connectivity index (χ0) is 21.4. The first-order valence-electron chi connectivity index (χ1n) is 8.51. The maximum absolute atomic E-state index is 12.2. The standard InChI is InChI=1S/C19H21ClN2O6S/c1-11(23)21-14(17-5-4-6-29-17)8-19(25)28-10-18(24)22-13-7-12(20)15(26-2)9-16(13)27-3/h4-7,9,14H,8,10H2,1-3H3,(H,21,23)(H,22,24). The maximum atomic E-state index is 12.2. The monoisotopic (exact) mass is 440 g/mol. The van der Waals surface area contributed by atoms with Gasteiger partial charge in [-0.1, -0.05) is 17.7 Å². The summed E-state index contributed by atoms with van der Waals surface area (Å²) in [5.41, 5.74) is 0.314. The Labute approximate surface area is 177 Å². The first-order chi connectivity index (χ1) is 13.8. The second-order valence-corrected chi connectivity index (χ2v) is 7.26. The van der Waals surface area contributed by atoms with Gasteiger partial charge in [-0.15, -0.1) is 11.3 Å². The Morgan fingerprint density at radius 1 is 1.17 bits per heavy atom. The van der Waals surface area contributed by atoms with E-state index in [1.54, 1.807) is 0 Å². The number of nitrogens with one attached hydrogen (secondary N) is 2. The summed E-state index contributed by atoms with van der Waals surface area (Å²) in [6.45, 7) is 0.871. The van der Waals surface area contributed by atoms with Gasteiger partial charge in [0, 0.05) is 17.9 Å². The van der Waals surface area contributed by atoms with Gasteiger partial charge in [0.25, 0.3) is 5.91 Å². The highest BCUT2D eigenvalue weighted by atomic mass is 35.5. The van der Waals surface area contributed by atoms with Gasteiger partial charge < -0.3 is 24.8 Å². The fraction of sp³-hybridized carbons (Fsp3) is 0.316. The van der Waals surface area contributed by atoms with Crippen molar-refractivity contribution in [3.8, 4) is 11.5 Å². The van der Waals surface area contributed by atoms with Gasteiger partial charge in [0.1, 0.15) is 11.5 Å². The Kier molecular flexibility index (Phi) is 8.29. The lowest BCUT2D eigenvalue weighted by Gasteiger charge is -2.16. The van der Waals surface area contributed by atoms with Crippen LogP contribution in [-0.2, 0) is 19.1 Å². The molecule has 2 N–H and O–H groups in total. The molecule has 10 heteroatoms. The molecule has 0 saturated heterocycles. The molecule has 1 heterocycles. The van der Waals surface area contributed by atoms with E-state index in [9.17, 15) is 14.4 Å². The Bertz CT molecular complexity index is 872. The van der Waals surface area contributed by atoms with E-state index >= 15 is 0 Å². The number of thiophene rings is 1. The third-order valence-electron chi connectivity index (χ3n) is 3.75. The molecule has 1 unspecified atom stereocenters. The van der Waals surface area contributed by atoms with Crippen molar-refractivity contribution < 1.29 is 28.6 Å². The highest BCUT2D eigenvalue weighted by molar-refractivity contribution is 7.10. The molecule has 1 atom stereocenters. The topological polar surface area (TPSA) is 103 Å². The van der Waals surface area contributed by atoms with E-state index < -0.39 is 24.5 Å². The molecule has 29 heavy (non-hydrogen) atoms. The minimum Gasteiger partial charge on any atom is -0.495 e. The van der Waals surface area contributed by atoms with Crippen molar-refractivity contribution in [1.82, 2.24) is 5.32 Å². The minimum atomic E-state index is -0.618. The largest absolute Gasteiger partial charge is 0.495 e. The van der Waals surface area contributed by atoms with Crippen LogP contribution in [0.5, 0.6) is 11.5 Å². The lowest BCUT2D eigenvalue weighted by atomic mass is 10.1. The van der Waals surface area contributed by atoms with Gasteiger partial charge in [0.05, 0.1) is 37.4 Å². The number of esters is 1. The van der Waals surface area contributed by atoms with Crippen molar-refractivity contribution >= 4 is 46.4 Å². The van der Waals surface area contributed by atoms with E-state index in [-0.39, 0.29) is 17.4 Å². The fourth-order valence-corrected chi connectivity index (χ4v) is 3.49. The number of halogens is 1. The summed E-state index contributed by atoms with van der Waals surface area (Å²) in [6, 6.07) is 6.13. The fourth-order valence-electron chi connectivity index (χ4n) is 2.47. The van der Waals surface area contributed by atoms with E-state index in [1.807, 2.05) is 17.5 Å². The SMILES string of the molecule is COc1cc(OC)c(NC(=O)COC(=O)CC(NC(C)=O)c2cccs2)cc1Cl. The molecule has 0 fully saturated rings. The number of ether oxygens (including phenoxy) is 3. The summed E-state index contributed by atoms with van der Waals surface area (Å²) in [5, 5.41) is 7.40. The van der Waals surface area contributed by atoms with Crippen molar-refractivity contribution in [2.45, 2.75) is 19.4 Å². The van der Waals surface area contributed by atoms with Crippen molar-refractivity contribution in [1.29, 1.82) is 0 Å². The molecule has 2 amide bonds. The summed E-state index contributed by atoms with van der Waals surface area (Å²) in [5.74, 6) is -0.714. The van der Waals surface area contributed by atoms with Gasteiger partial charge in [-0.3, -0.25) is 14.4 Å². The van der Waals surface area contributed by atoms with E-state index in [1.165, 1.54) is 44.6 Å². The molecule has 0 radical (unpaired) electrons. The molecule has 0 bridgehead atoms. The van der Waals surface area contributed by atoms with Crippen LogP contribution < -0.4 is 20.1 Å². The molecule has 2 aromatic rings. The quantitative estimate of drug-likeness (QED) is 0.580. The van der Waals surface area contributed by atoms with Crippen LogP contribution in [0.3, 0.4) is 0 Å². The van der Waals surface area contributed by atoms with Crippen LogP contribution in [0.15, 0.2) is 29.6 Å². The number of hydrogen-bond acceptors (Lipinski definition) is 7. The number of methoxy groups -OCH3 is 2. The number of benzene rings is 1. The van der Waals surface area contributed by atoms with Crippen LogP contribution in [-0.4, -0.2) is 38.6 Å². The lowest BCUT2D eigenvalue weighted by molar-refractivity contribution is -0.147. The smallest absolute Gasteiger partial charge is 0.308 e. The van der Waals surface area contributed by atoms with Gasteiger partial charge in [-0.25, -0.2) is 0 Å². The average Bonchev–Trinajstić information content (AvgIpc) is 3.20. The summed E-state index contributed by atoms with van der Waals surface area (Å²) >= 11 is 7.48. The summed E-state index contributed by atoms with van der Waals surface area (Å²) < 4.78 is 15.3. The van der Waals surface area contributed by atoms with Gasteiger partial charge in [-0.2, -0.15) is 0 Å². The first kappa shape index (κ1) is 22.5. The minimum absolute atomic E-state index is 0.0922. The number of carbonyl (C=O) groups is 3. The number of amides is 2. The third-order valence-corrected chi connectivity index (χ3v) is 5.03. The second kappa shape index (κ2) is 10.7. The number of hydrogen-bond donors (Lipinski definition) is 2. The van der Waals surface area contributed by atoms with Crippen LogP contribution >= 0.6 is 22.9 Å². The van der Waals surface area contributed by atoms with Gasteiger partial charge >= 0.3 is 5.97 Å². The van der Waals surface area contributed by atoms with Crippen molar-refractivity contribution in [2.24, 2.45) is 0 Å². The molecule has 1 aromatic carbocycles. The van der Waals surface area contributed by atoms with Crippen LogP contribution in [0.2, 0.25) is 5.02 Å². The molecule has 8 nitrogen and oxygen atoms in total. The average molecular weight is 441 g/mol. The predicted octanol–water partition coefficient (Wildman–Crippen LogP) is 3.17. The zero-order valence-corrected chi connectivity index (χ0v) is 17.7. The Morgan fingerprint density at radius 3 is 2.48 bits per heavy atom. The van der Waals surface area contributed by atoms with Crippen LogP contribution in [0.1, 0.15) is 24.3 Å². The molecule has 0 aliphatic rings. The maximum Gasteiger partial charge on any atom is 0.308 e. The van der Waals surface area contributed by atoms with Crippen molar-refractivity contribution in [3.63, 3.8) is 0 Å². The van der Waals surface area contributed by atoms with Gasteiger partial charge in [0.2, 0.25) is 5.91 Å².